The van der Waals surface area contributed by atoms with Crippen molar-refractivity contribution in [2.75, 3.05) is 5.73 Å². The molecule has 0 bridgehead atoms. The monoisotopic (exact) mass is 215 g/mol. The molecule has 0 radical (unpaired) electrons. The number of hydrogen-bond donors (Lipinski definition) is 1. The van der Waals surface area contributed by atoms with Gasteiger partial charge in [-0.15, -0.1) is 0 Å². The molecule has 82 valence electrons. The van der Waals surface area contributed by atoms with E-state index in [2.05, 4.69) is 9.97 Å². The van der Waals surface area contributed by atoms with Gasteiger partial charge in [-0.3, -0.25) is 0 Å². The number of ether oxygens (including phenoxy) is 1. The van der Waals surface area contributed by atoms with Gasteiger partial charge >= 0.3 is 0 Å². The van der Waals surface area contributed by atoms with Gasteiger partial charge in [0.05, 0.1) is 0 Å². The van der Waals surface area contributed by atoms with Crippen molar-refractivity contribution in [2.24, 2.45) is 0 Å². The zero-order valence-electron chi connectivity index (χ0n) is 9.27. The summed E-state index contributed by atoms with van der Waals surface area (Å²) < 4.78 is 5.59. The van der Waals surface area contributed by atoms with E-state index in [0.717, 1.165) is 5.69 Å². The summed E-state index contributed by atoms with van der Waals surface area (Å²) in [4.78, 5) is 8.37. The van der Waals surface area contributed by atoms with Crippen molar-refractivity contribution < 1.29 is 4.74 Å². The molecule has 2 N–H and O–H groups in total. The summed E-state index contributed by atoms with van der Waals surface area (Å²) in [6, 6.07) is 8.99. The quantitative estimate of drug-likeness (QED) is 0.782. The Labute approximate surface area is 94.1 Å². The Morgan fingerprint density at radius 2 is 1.75 bits per heavy atom. The lowest BCUT2D eigenvalue weighted by Crippen LogP contribution is -1.95. The molecule has 4 heteroatoms. The molecule has 0 saturated carbocycles. The fourth-order valence-corrected chi connectivity index (χ4v) is 1.39. The van der Waals surface area contributed by atoms with Crippen LogP contribution in [0.15, 0.2) is 30.3 Å². The standard InChI is InChI=1S/C12H13N3O/c1-8-7-12(15-9(2)14-8)16-11-5-3-10(13)4-6-11/h3-7H,13H2,1-2H3. The molecular weight excluding hydrogens is 202 g/mol. The number of nitrogens with zero attached hydrogens (tertiary/aromatic N) is 2. The Bertz CT molecular complexity index is 474. The highest BCUT2D eigenvalue weighted by Gasteiger charge is 2.01. The van der Waals surface area contributed by atoms with Crippen LogP contribution < -0.4 is 10.5 Å². The molecule has 0 unspecified atom stereocenters. The van der Waals surface area contributed by atoms with E-state index in [1.54, 1.807) is 18.2 Å². The maximum Gasteiger partial charge on any atom is 0.222 e. The Kier molecular flexibility index (Phi) is 2.72. The number of aryl methyl sites for hydroxylation is 2. The predicted molar refractivity (Wildman–Crippen MR) is 62.4 cm³/mol. The van der Waals surface area contributed by atoms with Crippen LogP contribution in [-0.4, -0.2) is 9.97 Å². The number of aromatic nitrogens is 2. The van der Waals surface area contributed by atoms with Gasteiger partial charge in [0.25, 0.3) is 0 Å². The van der Waals surface area contributed by atoms with Crippen LogP contribution in [0.25, 0.3) is 0 Å². The van der Waals surface area contributed by atoms with Crippen LogP contribution in [0.5, 0.6) is 11.6 Å². The highest BCUT2D eigenvalue weighted by molar-refractivity contribution is 5.42. The minimum Gasteiger partial charge on any atom is -0.439 e. The van der Waals surface area contributed by atoms with Crippen LogP contribution in [0.2, 0.25) is 0 Å². The second-order valence-corrected chi connectivity index (χ2v) is 3.57. The van der Waals surface area contributed by atoms with Crippen LogP contribution in [0.4, 0.5) is 5.69 Å². The van der Waals surface area contributed by atoms with E-state index in [-0.39, 0.29) is 0 Å². The molecule has 2 aromatic rings. The molecular formula is C12H13N3O. The lowest BCUT2D eigenvalue weighted by molar-refractivity contribution is 0.459. The molecule has 0 fully saturated rings. The van der Waals surface area contributed by atoms with Gasteiger partial charge < -0.3 is 10.5 Å². The molecule has 2 rings (SSSR count). The molecule has 1 aromatic carbocycles. The molecule has 0 saturated heterocycles. The fourth-order valence-electron chi connectivity index (χ4n) is 1.39. The normalized spacial score (nSPS) is 10.1. The first-order valence-corrected chi connectivity index (χ1v) is 4.99. The molecule has 16 heavy (non-hydrogen) atoms. The summed E-state index contributed by atoms with van der Waals surface area (Å²) in [5.74, 6) is 1.96. The van der Waals surface area contributed by atoms with Gasteiger partial charge in [0.1, 0.15) is 11.6 Å². The van der Waals surface area contributed by atoms with Crippen molar-refractivity contribution in [1.82, 2.24) is 9.97 Å². The second kappa shape index (κ2) is 4.18. The first kappa shape index (κ1) is 10.4. The smallest absolute Gasteiger partial charge is 0.222 e. The lowest BCUT2D eigenvalue weighted by atomic mass is 10.3. The molecule has 0 aliphatic carbocycles. The molecule has 0 amide bonds. The van der Waals surface area contributed by atoms with Crippen molar-refractivity contribution in [3.8, 4) is 11.6 Å². The molecule has 4 nitrogen and oxygen atoms in total. The third-order valence-corrected chi connectivity index (χ3v) is 2.05. The minimum atomic E-state index is 0.551. The van der Waals surface area contributed by atoms with E-state index < -0.39 is 0 Å². The van der Waals surface area contributed by atoms with E-state index in [4.69, 9.17) is 10.5 Å². The minimum absolute atomic E-state index is 0.551. The number of anilines is 1. The van der Waals surface area contributed by atoms with E-state index in [1.807, 2.05) is 26.0 Å². The maximum atomic E-state index is 5.59. The summed E-state index contributed by atoms with van der Waals surface area (Å²) in [6.07, 6.45) is 0. The molecule has 0 atom stereocenters. The van der Waals surface area contributed by atoms with Gasteiger partial charge in [0.2, 0.25) is 5.88 Å². The van der Waals surface area contributed by atoms with Crippen molar-refractivity contribution in [3.63, 3.8) is 0 Å². The molecule has 0 aliphatic rings. The molecule has 0 spiro atoms. The van der Waals surface area contributed by atoms with E-state index in [1.165, 1.54) is 0 Å². The maximum absolute atomic E-state index is 5.59. The zero-order valence-corrected chi connectivity index (χ0v) is 9.27. The zero-order chi connectivity index (χ0) is 11.5. The summed E-state index contributed by atoms with van der Waals surface area (Å²) in [7, 11) is 0. The number of hydrogen-bond acceptors (Lipinski definition) is 4. The lowest BCUT2D eigenvalue weighted by Gasteiger charge is -2.06. The van der Waals surface area contributed by atoms with Crippen molar-refractivity contribution in [3.05, 3.63) is 41.9 Å². The molecule has 1 aromatic heterocycles. The van der Waals surface area contributed by atoms with E-state index in [0.29, 0.717) is 23.1 Å². The second-order valence-electron chi connectivity index (χ2n) is 3.57. The first-order valence-electron chi connectivity index (χ1n) is 4.99. The average molecular weight is 215 g/mol. The first-order chi connectivity index (χ1) is 7.63. The highest BCUT2D eigenvalue weighted by atomic mass is 16.5. The van der Waals surface area contributed by atoms with E-state index >= 15 is 0 Å². The number of nitrogen functional groups attached to an aromatic ring is 1. The summed E-state index contributed by atoms with van der Waals surface area (Å²) in [6.45, 7) is 3.74. The summed E-state index contributed by atoms with van der Waals surface area (Å²) in [5, 5.41) is 0. The summed E-state index contributed by atoms with van der Waals surface area (Å²) in [5.41, 5.74) is 7.18. The largest absolute Gasteiger partial charge is 0.439 e. The van der Waals surface area contributed by atoms with Crippen LogP contribution in [0.1, 0.15) is 11.5 Å². The van der Waals surface area contributed by atoms with Crippen LogP contribution in [-0.2, 0) is 0 Å². The fraction of sp³-hybridized carbons (Fsp3) is 0.167. The third kappa shape index (κ3) is 2.48. The SMILES string of the molecule is Cc1cc(Oc2ccc(N)cc2)nc(C)n1. The Balaban J connectivity index is 2.23. The van der Waals surface area contributed by atoms with Crippen molar-refractivity contribution in [1.29, 1.82) is 0 Å². The van der Waals surface area contributed by atoms with Gasteiger partial charge in [-0.05, 0) is 38.1 Å². The van der Waals surface area contributed by atoms with Crippen molar-refractivity contribution >= 4 is 5.69 Å². The Hall–Kier alpha value is -2.10. The number of rotatable bonds is 2. The van der Waals surface area contributed by atoms with Gasteiger partial charge in [0.15, 0.2) is 0 Å². The van der Waals surface area contributed by atoms with Gasteiger partial charge in [0, 0.05) is 17.4 Å². The topological polar surface area (TPSA) is 61.0 Å². The Morgan fingerprint density at radius 3 is 2.38 bits per heavy atom. The molecule has 0 aliphatic heterocycles. The van der Waals surface area contributed by atoms with Crippen LogP contribution in [0.3, 0.4) is 0 Å². The summed E-state index contributed by atoms with van der Waals surface area (Å²) >= 11 is 0. The van der Waals surface area contributed by atoms with Gasteiger partial charge in [-0.2, -0.15) is 4.98 Å². The predicted octanol–water partition coefficient (Wildman–Crippen LogP) is 2.47. The molecule has 1 heterocycles. The van der Waals surface area contributed by atoms with Crippen LogP contribution in [0, 0.1) is 13.8 Å². The highest BCUT2D eigenvalue weighted by Crippen LogP contribution is 2.20. The van der Waals surface area contributed by atoms with Crippen LogP contribution >= 0.6 is 0 Å². The van der Waals surface area contributed by atoms with Gasteiger partial charge in [-0.25, -0.2) is 4.98 Å². The van der Waals surface area contributed by atoms with E-state index in [9.17, 15) is 0 Å². The van der Waals surface area contributed by atoms with Gasteiger partial charge in [-0.1, -0.05) is 0 Å². The van der Waals surface area contributed by atoms with Crippen molar-refractivity contribution in [2.45, 2.75) is 13.8 Å². The average Bonchev–Trinajstić information content (AvgIpc) is 2.20. The number of benzene rings is 1. The third-order valence-electron chi connectivity index (χ3n) is 2.05. The number of nitrogens with two attached hydrogens (primary N) is 1. The Morgan fingerprint density at radius 1 is 1.06 bits per heavy atom.